The number of fused-ring (bicyclic) bond motifs is 1. The number of aromatic amines is 1. The van der Waals surface area contributed by atoms with Gasteiger partial charge in [0.2, 0.25) is 0 Å². The van der Waals surface area contributed by atoms with Crippen LogP contribution in [0.1, 0.15) is 27.6 Å². The number of nitrogens with zero attached hydrogens (tertiary/aromatic N) is 2. The average molecular weight is 537 g/mol. The number of methoxy groups -OCH3 is 1. The number of ether oxygens (including phenoxy) is 1. The maximum absolute atomic E-state index is 13.2. The van der Waals surface area contributed by atoms with Crippen molar-refractivity contribution in [1.29, 1.82) is 0 Å². The van der Waals surface area contributed by atoms with Crippen LogP contribution in [0.2, 0.25) is 0 Å². The highest BCUT2D eigenvalue weighted by Crippen LogP contribution is 2.27. The van der Waals surface area contributed by atoms with Crippen LogP contribution in [0.5, 0.6) is 0 Å². The number of H-pyrrole nitrogens is 1. The van der Waals surface area contributed by atoms with E-state index in [1.54, 1.807) is 42.2 Å². The molecule has 12 nitrogen and oxygen atoms in total. The highest BCUT2D eigenvalue weighted by Gasteiger charge is 2.35. The molecule has 1 saturated heterocycles. The van der Waals surface area contributed by atoms with Crippen molar-refractivity contribution in [1.82, 2.24) is 14.8 Å². The Labute approximate surface area is 223 Å². The Bertz CT molecular complexity index is 1420. The number of para-hydroxylation sites is 1. The summed E-state index contributed by atoms with van der Waals surface area (Å²) in [6.07, 6.45) is -2.84. The minimum absolute atomic E-state index is 0.0798. The normalized spacial score (nSPS) is 16.9. The molecule has 3 aromatic rings. The quantitative estimate of drug-likeness (QED) is 0.193. The fourth-order valence-corrected chi connectivity index (χ4v) is 4.50. The summed E-state index contributed by atoms with van der Waals surface area (Å²) in [5.74, 6) is -3.88. The van der Waals surface area contributed by atoms with Gasteiger partial charge in [0.25, 0.3) is 23.5 Å². The van der Waals surface area contributed by atoms with Crippen molar-refractivity contribution in [2.24, 2.45) is 0 Å². The number of esters is 1. The Morgan fingerprint density at radius 1 is 1.00 bits per heavy atom. The van der Waals surface area contributed by atoms with E-state index in [2.05, 4.69) is 15.0 Å². The molecule has 0 bridgehead atoms. The number of nitrogens with one attached hydrogen (secondary N) is 2. The maximum Gasteiger partial charge on any atom is 0.338 e. The lowest BCUT2D eigenvalue weighted by Crippen LogP contribution is -2.56. The number of aliphatic hydroxyl groups is 2. The van der Waals surface area contributed by atoms with Gasteiger partial charge in [-0.2, -0.15) is 0 Å². The number of anilines is 1. The van der Waals surface area contributed by atoms with Crippen molar-refractivity contribution in [2.45, 2.75) is 25.2 Å². The largest absolute Gasteiger partial charge is 0.467 e. The molecule has 3 unspecified atom stereocenters. The number of ketones is 1. The van der Waals surface area contributed by atoms with Gasteiger partial charge in [-0.15, -0.1) is 0 Å². The van der Waals surface area contributed by atoms with E-state index in [1.807, 2.05) is 6.07 Å². The minimum Gasteiger partial charge on any atom is -0.467 e. The summed E-state index contributed by atoms with van der Waals surface area (Å²) in [5.41, 5.74) is 1.08. The average Bonchev–Trinajstić information content (AvgIpc) is 3.40. The van der Waals surface area contributed by atoms with Gasteiger partial charge in [-0.05, 0) is 25.1 Å². The van der Waals surface area contributed by atoms with Gasteiger partial charge in [0.15, 0.2) is 12.2 Å². The molecule has 1 fully saturated rings. The molecule has 3 atom stereocenters. The first-order chi connectivity index (χ1) is 18.6. The first kappa shape index (κ1) is 27.5. The van der Waals surface area contributed by atoms with Crippen molar-refractivity contribution in [3.8, 4) is 0 Å². The zero-order valence-corrected chi connectivity index (χ0v) is 21.3. The molecule has 4 N–H and O–H groups in total. The molecule has 1 aliphatic heterocycles. The van der Waals surface area contributed by atoms with Gasteiger partial charge >= 0.3 is 5.97 Å². The summed E-state index contributed by atoms with van der Waals surface area (Å²) in [6.45, 7) is 2.51. The number of piperazine rings is 1. The highest BCUT2D eigenvalue weighted by molar-refractivity contribution is 6.45. The molecule has 39 heavy (non-hydrogen) atoms. The van der Waals surface area contributed by atoms with Crippen LogP contribution < -0.4 is 5.32 Å². The van der Waals surface area contributed by atoms with E-state index < -0.39 is 41.8 Å². The van der Waals surface area contributed by atoms with Crippen molar-refractivity contribution in [2.75, 3.05) is 32.1 Å². The number of amides is 3. The molecule has 3 amide bonds. The third kappa shape index (κ3) is 5.52. The van der Waals surface area contributed by atoms with E-state index >= 15 is 0 Å². The van der Waals surface area contributed by atoms with Crippen LogP contribution in [0.25, 0.3) is 10.9 Å². The molecule has 4 rings (SSSR count). The van der Waals surface area contributed by atoms with Crippen molar-refractivity contribution < 1.29 is 38.9 Å². The molecule has 12 heteroatoms. The number of aliphatic hydroxyl groups excluding tert-OH is 2. The van der Waals surface area contributed by atoms with E-state index in [9.17, 15) is 34.2 Å². The Kier molecular flexibility index (Phi) is 8.07. The van der Waals surface area contributed by atoms with Crippen molar-refractivity contribution >= 4 is 46.1 Å². The molecule has 0 spiro atoms. The molecular formula is C27H28N4O8. The number of Topliss-reactive ketones (excluding diaryl/α,β-unsaturated/α-hetero) is 1. The van der Waals surface area contributed by atoms with Gasteiger partial charge in [0.05, 0.1) is 23.9 Å². The Balaban J connectivity index is 1.47. The molecule has 1 aliphatic rings. The number of carbonyl (C=O) groups is 5. The molecule has 0 aliphatic carbocycles. The van der Waals surface area contributed by atoms with E-state index in [-0.39, 0.29) is 36.8 Å². The molecule has 204 valence electrons. The fourth-order valence-electron chi connectivity index (χ4n) is 4.50. The molecule has 2 aromatic carbocycles. The van der Waals surface area contributed by atoms with Crippen LogP contribution in [0.4, 0.5) is 5.69 Å². The molecule has 2 heterocycles. The number of hydrogen-bond donors (Lipinski definition) is 4. The second kappa shape index (κ2) is 11.5. The Hall–Kier alpha value is -4.55. The van der Waals surface area contributed by atoms with E-state index in [0.29, 0.717) is 16.5 Å². The van der Waals surface area contributed by atoms with E-state index in [1.165, 1.54) is 23.2 Å². The second-order valence-electron chi connectivity index (χ2n) is 9.13. The Morgan fingerprint density at radius 2 is 1.72 bits per heavy atom. The first-order valence-corrected chi connectivity index (χ1v) is 12.2. The minimum atomic E-state index is -2.10. The standard InChI is InChI=1S/C27H28N4O8/c1-15-14-30(25(36)16-7-4-3-5-8-16)11-12-31(15)26(37)21(32)18-13-28-20-17(18)9-6-10-19(20)29-24(35)22(33)23(34)27(38)39-2/h3-10,13,15,22-23,28,33-34H,11-12,14H2,1-2H3,(H,29,35). The number of aromatic nitrogens is 1. The highest BCUT2D eigenvalue weighted by atomic mass is 16.5. The Morgan fingerprint density at radius 3 is 2.38 bits per heavy atom. The zero-order chi connectivity index (χ0) is 28.3. The number of carbonyl (C=O) groups excluding carboxylic acids is 5. The van der Waals surface area contributed by atoms with Gasteiger partial charge in [0.1, 0.15) is 0 Å². The first-order valence-electron chi connectivity index (χ1n) is 12.2. The number of hydrogen-bond acceptors (Lipinski definition) is 8. The topological polar surface area (TPSA) is 169 Å². The maximum atomic E-state index is 13.2. The third-order valence-electron chi connectivity index (χ3n) is 6.62. The van der Waals surface area contributed by atoms with Crippen LogP contribution >= 0.6 is 0 Å². The van der Waals surface area contributed by atoms with Crippen molar-refractivity contribution in [3.63, 3.8) is 0 Å². The molecule has 0 radical (unpaired) electrons. The lowest BCUT2D eigenvalue weighted by Gasteiger charge is -2.39. The van der Waals surface area contributed by atoms with E-state index in [4.69, 9.17) is 0 Å². The lowest BCUT2D eigenvalue weighted by molar-refractivity contribution is -0.159. The van der Waals surface area contributed by atoms with Gasteiger partial charge in [-0.25, -0.2) is 4.79 Å². The zero-order valence-electron chi connectivity index (χ0n) is 21.3. The molecular weight excluding hydrogens is 508 g/mol. The predicted octanol–water partition coefficient (Wildman–Crippen LogP) is 0.557. The summed E-state index contributed by atoms with van der Waals surface area (Å²) >= 11 is 0. The SMILES string of the molecule is COC(=O)C(O)C(O)C(=O)Nc1cccc2c(C(=O)C(=O)N3CCN(C(=O)c4ccccc4)CC3C)c[nH]c12. The fraction of sp³-hybridized carbons (Fsp3) is 0.296. The number of benzene rings is 2. The summed E-state index contributed by atoms with van der Waals surface area (Å²) in [7, 11) is 1.00. The van der Waals surface area contributed by atoms with Crippen molar-refractivity contribution in [3.05, 3.63) is 65.9 Å². The van der Waals surface area contributed by atoms with Gasteiger partial charge in [-0.1, -0.05) is 30.3 Å². The summed E-state index contributed by atoms with van der Waals surface area (Å²) in [4.78, 5) is 69.0. The monoisotopic (exact) mass is 536 g/mol. The predicted molar refractivity (Wildman–Crippen MR) is 139 cm³/mol. The second-order valence-corrected chi connectivity index (χ2v) is 9.13. The van der Waals surface area contributed by atoms with Crippen LogP contribution in [0.3, 0.4) is 0 Å². The smallest absolute Gasteiger partial charge is 0.338 e. The summed E-state index contributed by atoms with van der Waals surface area (Å²) in [6, 6.07) is 13.0. The molecule has 0 saturated carbocycles. The number of rotatable bonds is 7. The van der Waals surface area contributed by atoms with Gasteiger partial charge in [0, 0.05) is 42.8 Å². The van der Waals surface area contributed by atoms with Gasteiger partial charge < -0.3 is 35.1 Å². The van der Waals surface area contributed by atoms with Crippen LogP contribution in [-0.2, 0) is 19.1 Å². The third-order valence-corrected chi connectivity index (χ3v) is 6.62. The summed E-state index contributed by atoms with van der Waals surface area (Å²) in [5, 5.41) is 22.4. The molecule has 1 aromatic heterocycles. The lowest BCUT2D eigenvalue weighted by atomic mass is 10.1. The van der Waals surface area contributed by atoms with E-state index in [0.717, 1.165) is 7.11 Å². The van der Waals surface area contributed by atoms with Crippen LogP contribution in [-0.4, -0.2) is 99.5 Å². The van der Waals surface area contributed by atoms with Gasteiger partial charge in [-0.3, -0.25) is 19.2 Å². The summed E-state index contributed by atoms with van der Waals surface area (Å²) < 4.78 is 4.32. The van der Waals surface area contributed by atoms with Crippen LogP contribution in [0, 0.1) is 0 Å². The van der Waals surface area contributed by atoms with Crippen LogP contribution in [0.15, 0.2) is 54.7 Å².